The minimum atomic E-state index is 0.640. The van der Waals surface area contributed by atoms with E-state index >= 15 is 0 Å². The Morgan fingerprint density at radius 3 is 2.64 bits per heavy atom. The zero-order valence-corrected chi connectivity index (χ0v) is 13.9. The molecule has 1 aromatic rings. The lowest BCUT2D eigenvalue weighted by Gasteiger charge is -2.34. The first-order chi connectivity index (χ1) is 10.7. The molecular formula is C15H26N6O. The van der Waals surface area contributed by atoms with Crippen molar-refractivity contribution in [1.82, 2.24) is 15.2 Å². The van der Waals surface area contributed by atoms with Crippen molar-refractivity contribution in [2.45, 2.75) is 6.92 Å². The van der Waals surface area contributed by atoms with Crippen LogP contribution in [0.3, 0.4) is 0 Å². The number of aliphatic imine (C=N–C) groups is 1. The maximum absolute atomic E-state index is 5.47. The molecule has 2 N–H and O–H groups in total. The molecule has 1 aliphatic heterocycles. The van der Waals surface area contributed by atoms with Crippen LogP contribution in [0, 0.1) is 0 Å². The van der Waals surface area contributed by atoms with Crippen molar-refractivity contribution in [3.63, 3.8) is 0 Å². The molecule has 0 aromatic carbocycles. The van der Waals surface area contributed by atoms with E-state index < -0.39 is 0 Å². The number of piperazine rings is 1. The summed E-state index contributed by atoms with van der Waals surface area (Å²) in [5.74, 6) is 2.06. The summed E-state index contributed by atoms with van der Waals surface area (Å²) >= 11 is 0. The Kier molecular flexibility index (Phi) is 5.83. The minimum Gasteiger partial charge on any atom is -0.479 e. The van der Waals surface area contributed by atoms with Gasteiger partial charge in [-0.3, -0.25) is 4.99 Å². The smallest absolute Gasteiger partial charge is 0.239 e. The second-order valence-electron chi connectivity index (χ2n) is 5.21. The average Bonchev–Trinajstić information content (AvgIpc) is 2.55. The van der Waals surface area contributed by atoms with Gasteiger partial charge in [0.15, 0.2) is 5.96 Å². The third-order valence-electron chi connectivity index (χ3n) is 3.68. The van der Waals surface area contributed by atoms with Crippen molar-refractivity contribution in [1.29, 1.82) is 0 Å². The second kappa shape index (κ2) is 7.84. The molecule has 7 nitrogen and oxygen atoms in total. The number of guanidine groups is 1. The maximum Gasteiger partial charge on any atom is 0.239 e. The van der Waals surface area contributed by atoms with Crippen LogP contribution in [0.25, 0.3) is 0 Å². The number of nitrogens with zero attached hydrogens (tertiary/aromatic N) is 4. The monoisotopic (exact) mass is 306 g/mol. The largest absolute Gasteiger partial charge is 0.479 e. The van der Waals surface area contributed by atoms with Crippen LogP contribution >= 0.6 is 0 Å². The summed E-state index contributed by atoms with van der Waals surface area (Å²) in [6, 6.07) is 4.01. The molecular weight excluding hydrogens is 280 g/mol. The van der Waals surface area contributed by atoms with E-state index in [4.69, 9.17) is 4.74 Å². The van der Waals surface area contributed by atoms with Gasteiger partial charge >= 0.3 is 0 Å². The first-order valence-corrected chi connectivity index (χ1v) is 7.65. The minimum absolute atomic E-state index is 0.640. The third-order valence-corrected chi connectivity index (χ3v) is 3.68. The maximum atomic E-state index is 5.47. The van der Waals surface area contributed by atoms with Crippen LogP contribution in [0.5, 0.6) is 5.88 Å². The standard InChI is InChI=1S/C15H26N6O/c1-5-17-15(16-2)19-13-7-6-12(14(18-13)22-4)21-10-8-20(3)9-11-21/h6-7H,5,8-11H2,1-4H3,(H2,16,17,18,19). The molecule has 0 aliphatic carbocycles. The van der Waals surface area contributed by atoms with Crippen LogP contribution in [-0.4, -0.2) is 69.8 Å². The molecule has 1 aromatic heterocycles. The summed E-state index contributed by atoms with van der Waals surface area (Å²) in [5.41, 5.74) is 1.04. The number of nitrogens with one attached hydrogen (secondary N) is 2. The van der Waals surface area contributed by atoms with Gasteiger partial charge < -0.3 is 25.2 Å². The Morgan fingerprint density at radius 2 is 2.05 bits per heavy atom. The number of hydrogen-bond donors (Lipinski definition) is 2. The molecule has 0 radical (unpaired) electrons. The normalized spacial score (nSPS) is 16.5. The van der Waals surface area contributed by atoms with Crippen LogP contribution in [0.1, 0.15) is 6.92 Å². The van der Waals surface area contributed by atoms with E-state index in [2.05, 4.69) is 43.5 Å². The van der Waals surface area contributed by atoms with Gasteiger partial charge in [0, 0.05) is 39.8 Å². The van der Waals surface area contributed by atoms with Crippen LogP contribution in [0.2, 0.25) is 0 Å². The molecule has 0 atom stereocenters. The number of aromatic nitrogens is 1. The first kappa shape index (κ1) is 16.4. The quantitative estimate of drug-likeness (QED) is 0.635. The molecule has 1 saturated heterocycles. The molecule has 7 heteroatoms. The van der Waals surface area contributed by atoms with Gasteiger partial charge in [0.05, 0.1) is 7.11 Å². The second-order valence-corrected chi connectivity index (χ2v) is 5.21. The fraction of sp³-hybridized carbons (Fsp3) is 0.600. The first-order valence-electron chi connectivity index (χ1n) is 7.65. The molecule has 0 amide bonds. The van der Waals surface area contributed by atoms with Gasteiger partial charge in [-0.2, -0.15) is 4.98 Å². The highest BCUT2D eigenvalue weighted by Crippen LogP contribution is 2.28. The van der Waals surface area contributed by atoms with Gasteiger partial charge in [0.1, 0.15) is 11.5 Å². The molecule has 0 bridgehead atoms. The van der Waals surface area contributed by atoms with Gasteiger partial charge in [-0.15, -0.1) is 0 Å². The zero-order valence-electron chi connectivity index (χ0n) is 13.9. The predicted molar refractivity (Wildman–Crippen MR) is 91.2 cm³/mol. The van der Waals surface area contributed by atoms with E-state index in [1.165, 1.54) is 0 Å². The van der Waals surface area contributed by atoms with Gasteiger partial charge in [0.2, 0.25) is 5.88 Å². The summed E-state index contributed by atoms with van der Waals surface area (Å²) in [6.45, 7) is 6.77. The van der Waals surface area contributed by atoms with Crippen LogP contribution in [-0.2, 0) is 0 Å². The fourth-order valence-electron chi connectivity index (χ4n) is 2.40. The lowest BCUT2D eigenvalue weighted by Crippen LogP contribution is -2.44. The summed E-state index contributed by atoms with van der Waals surface area (Å²) in [7, 11) is 5.63. The molecule has 0 spiro atoms. The highest BCUT2D eigenvalue weighted by molar-refractivity contribution is 5.92. The number of likely N-dealkylation sites (N-methyl/N-ethyl adjacent to an activating group) is 1. The van der Waals surface area contributed by atoms with Crippen molar-refractivity contribution in [2.24, 2.45) is 4.99 Å². The molecule has 0 saturated carbocycles. The van der Waals surface area contributed by atoms with E-state index in [-0.39, 0.29) is 0 Å². The van der Waals surface area contributed by atoms with Gasteiger partial charge in [-0.1, -0.05) is 0 Å². The average molecular weight is 306 g/mol. The van der Waals surface area contributed by atoms with Crippen LogP contribution in [0.15, 0.2) is 17.1 Å². The van der Waals surface area contributed by atoms with E-state index in [0.717, 1.165) is 37.7 Å². The topological polar surface area (TPSA) is 65.0 Å². The highest BCUT2D eigenvalue weighted by atomic mass is 16.5. The lowest BCUT2D eigenvalue weighted by atomic mass is 10.2. The van der Waals surface area contributed by atoms with E-state index in [0.29, 0.717) is 18.4 Å². The predicted octanol–water partition coefficient (Wildman–Crippen LogP) is 0.849. The number of methoxy groups -OCH3 is 1. The van der Waals surface area contributed by atoms with Crippen molar-refractivity contribution >= 4 is 17.5 Å². The third kappa shape index (κ3) is 4.00. The molecule has 2 rings (SSSR count). The number of hydrogen-bond acceptors (Lipinski definition) is 5. The Balaban J connectivity index is 2.15. The highest BCUT2D eigenvalue weighted by Gasteiger charge is 2.18. The molecule has 122 valence electrons. The van der Waals surface area contributed by atoms with Crippen molar-refractivity contribution in [2.75, 3.05) is 64.1 Å². The Labute approximate surface area is 132 Å². The number of pyridine rings is 1. The zero-order chi connectivity index (χ0) is 15.9. The van der Waals surface area contributed by atoms with Crippen molar-refractivity contribution < 1.29 is 4.74 Å². The van der Waals surface area contributed by atoms with E-state index in [1.807, 2.05) is 20.0 Å². The molecule has 0 unspecified atom stereocenters. The van der Waals surface area contributed by atoms with E-state index in [1.54, 1.807) is 7.11 Å². The Morgan fingerprint density at radius 1 is 1.32 bits per heavy atom. The number of ether oxygens (including phenoxy) is 1. The van der Waals surface area contributed by atoms with Crippen molar-refractivity contribution in [3.8, 4) is 5.88 Å². The van der Waals surface area contributed by atoms with Crippen molar-refractivity contribution in [3.05, 3.63) is 12.1 Å². The number of anilines is 2. The van der Waals surface area contributed by atoms with Gasteiger partial charge in [0.25, 0.3) is 0 Å². The number of rotatable bonds is 4. The van der Waals surface area contributed by atoms with Gasteiger partial charge in [-0.25, -0.2) is 0 Å². The lowest BCUT2D eigenvalue weighted by molar-refractivity contribution is 0.310. The SMILES string of the molecule is CC/N=C(\NC)Nc1ccc(N2CCN(C)CC2)c(OC)n1. The van der Waals surface area contributed by atoms with Crippen LogP contribution in [0.4, 0.5) is 11.5 Å². The van der Waals surface area contributed by atoms with E-state index in [9.17, 15) is 0 Å². The van der Waals surface area contributed by atoms with Gasteiger partial charge in [-0.05, 0) is 26.1 Å². The molecule has 22 heavy (non-hydrogen) atoms. The summed E-state index contributed by atoms with van der Waals surface area (Å²) in [4.78, 5) is 13.5. The molecule has 2 heterocycles. The fourth-order valence-corrected chi connectivity index (χ4v) is 2.40. The summed E-state index contributed by atoms with van der Waals surface area (Å²) < 4.78 is 5.47. The summed E-state index contributed by atoms with van der Waals surface area (Å²) in [6.07, 6.45) is 0. The summed E-state index contributed by atoms with van der Waals surface area (Å²) in [5, 5.41) is 6.18. The molecule has 1 fully saturated rings. The Bertz CT molecular complexity index is 511. The molecule has 1 aliphatic rings. The van der Waals surface area contributed by atoms with Crippen LogP contribution < -0.4 is 20.3 Å². The Hall–Kier alpha value is -2.02.